The predicted molar refractivity (Wildman–Crippen MR) is 122 cm³/mol. The van der Waals surface area contributed by atoms with E-state index in [2.05, 4.69) is 22.1 Å². The molecule has 4 aromatic rings. The minimum atomic E-state index is -4.46. The van der Waals surface area contributed by atoms with E-state index in [1.165, 1.54) is 25.3 Å². The summed E-state index contributed by atoms with van der Waals surface area (Å²) in [6.07, 6.45) is -0.811. The zero-order valence-corrected chi connectivity index (χ0v) is 17.6. The molecule has 0 spiro atoms. The molecule has 1 aliphatic rings. The summed E-state index contributed by atoms with van der Waals surface area (Å²) in [6.45, 7) is 2.49. The van der Waals surface area contributed by atoms with Gasteiger partial charge in [-0.15, -0.1) is 0 Å². The Morgan fingerprint density at radius 1 is 0.781 bits per heavy atom. The van der Waals surface area contributed by atoms with E-state index in [0.29, 0.717) is 17.6 Å². The molecule has 6 heteroatoms. The van der Waals surface area contributed by atoms with Gasteiger partial charge in [-0.1, -0.05) is 54.6 Å². The molecule has 2 heterocycles. The fourth-order valence-corrected chi connectivity index (χ4v) is 4.54. The molecule has 32 heavy (non-hydrogen) atoms. The van der Waals surface area contributed by atoms with Crippen LogP contribution in [0.15, 0.2) is 72.8 Å². The van der Waals surface area contributed by atoms with Crippen LogP contribution >= 0.6 is 0 Å². The van der Waals surface area contributed by atoms with E-state index in [-0.39, 0.29) is 5.52 Å². The largest absolute Gasteiger partial charge is 0.418 e. The molecule has 0 aliphatic carbocycles. The molecule has 5 rings (SSSR count). The monoisotopic (exact) mass is 435 g/mol. The third-order valence-corrected chi connectivity index (χ3v) is 6.11. The highest BCUT2D eigenvalue weighted by Gasteiger charge is 2.34. The number of hydrogen-bond donors (Lipinski definition) is 0. The molecule has 1 fully saturated rings. The zero-order valence-electron chi connectivity index (χ0n) is 17.6. The van der Waals surface area contributed by atoms with Crippen molar-refractivity contribution in [2.75, 3.05) is 18.0 Å². The van der Waals surface area contributed by atoms with Gasteiger partial charge in [0.25, 0.3) is 0 Å². The third-order valence-electron chi connectivity index (χ3n) is 6.11. The van der Waals surface area contributed by atoms with Crippen LogP contribution in [-0.4, -0.2) is 22.9 Å². The highest BCUT2D eigenvalue weighted by atomic mass is 19.4. The lowest BCUT2D eigenvalue weighted by atomic mass is 10.0. The fraction of sp³-hybridized carbons (Fsp3) is 0.269. The van der Waals surface area contributed by atoms with Gasteiger partial charge < -0.3 is 4.90 Å². The van der Waals surface area contributed by atoms with Crippen LogP contribution in [0, 0.1) is 0 Å². The van der Waals surface area contributed by atoms with Crippen LogP contribution in [0.3, 0.4) is 0 Å². The van der Waals surface area contributed by atoms with Crippen LogP contribution in [0.2, 0.25) is 0 Å². The van der Waals surface area contributed by atoms with E-state index < -0.39 is 11.7 Å². The number of halogens is 3. The molecule has 0 amide bonds. The fourth-order valence-electron chi connectivity index (χ4n) is 4.54. The second-order valence-corrected chi connectivity index (χ2v) is 8.29. The van der Waals surface area contributed by atoms with Crippen molar-refractivity contribution in [1.29, 1.82) is 0 Å². The molecular weight excluding hydrogens is 411 g/mol. The Morgan fingerprint density at radius 2 is 1.50 bits per heavy atom. The van der Waals surface area contributed by atoms with Crippen LogP contribution < -0.4 is 4.90 Å². The Morgan fingerprint density at radius 3 is 2.19 bits per heavy atom. The second kappa shape index (κ2) is 8.34. The minimum Gasteiger partial charge on any atom is -0.372 e. The Kier molecular flexibility index (Phi) is 5.37. The summed E-state index contributed by atoms with van der Waals surface area (Å²) in [4.78, 5) is 2.37. The number of hydrogen-bond acceptors (Lipinski definition) is 2. The van der Waals surface area contributed by atoms with E-state index in [4.69, 9.17) is 0 Å². The van der Waals surface area contributed by atoms with E-state index >= 15 is 0 Å². The van der Waals surface area contributed by atoms with Crippen molar-refractivity contribution in [2.24, 2.45) is 0 Å². The first-order valence-electron chi connectivity index (χ1n) is 11.0. The number of anilines is 1. The molecule has 0 atom stereocenters. The first kappa shape index (κ1) is 20.6. The number of alkyl halides is 3. The maximum Gasteiger partial charge on any atom is 0.418 e. The third kappa shape index (κ3) is 3.97. The van der Waals surface area contributed by atoms with Gasteiger partial charge in [-0.3, -0.25) is 4.68 Å². The lowest BCUT2D eigenvalue weighted by Gasteiger charge is -2.28. The molecule has 1 aromatic heterocycles. The number of rotatable bonds is 4. The molecular formula is C26H24F3N3. The molecule has 3 nitrogen and oxygen atoms in total. The van der Waals surface area contributed by atoms with E-state index in [9.17, 15) is 13.2 Å². The average Bonchev–Trinajstić information content (AvgIpc) is 3.17. The van der Waals surface area contributed by atoms with Gasteiger partial charge in [0.1, 0.15) is 5.52 Å². The predicted octanol–water partition coefficient (Wildman–Crippen LogP) is 6.76. The number of benzene rings is 3. The van der Waals surface area contributed by atoms with Gasteiger partial charge in [-0.05, 0) is 43.0 Å². The zero-order chi connectivity index (χ0) is 22.1. The lowest BCUT2D eigenvalue weighted by molar-refractivity contribution is -0.136. The Balaban J connectivity index is 1.62. The molecule has 1 aliphatic heterocycles. The summed E-state index contributed by atoms with van der Waals surface area (Å²) < 4.78 is 42.8. The normalized spacial score (nSPS) is 14.8. The summed E-state index contributed by atoms with van der Waals surface area (Å²) in [7, 11) is 0. The van der Waals surface area contributed by atoms with E-state index in [0.717, 1.165) is 36.0 Å². The Hall–Kier alpha value is -3.28. The summed E-state index contributed by atoms with van der Waals surface area (Å²) in [6, 6.07) is 22.1. The topological polar surface area (TPSA) is 21.1 Å². The second-order valence-electron chi connectivity index (χ2n) is 8.29. The van der Waals surface area contributed by atoms with Crippen LogP contribution in [0.4, 0.5) is 18.9 Å². The molecule has 0 unspecified atom stereocenters. The highest BCUT2D eigenvalue weighted by Crippen LogP contribution is 2.38. The Labute approximate surface area is 185 Å². The smallest absolute Gasteiger partial charge is 0.372 e. The van der Waals surface area contributed by atoms with Gasteiger partial charge in [0.05, 0.1) is 17.8 Å². The van der Waals surface area contributed by atoms with E-state index in [1.54, 1.807) is 10.7 Å². The van der Waals surface area contributed by atoms with Gasteiger partial charge in [0.2, 0.25) is 0 Å². The van der Waals surface area contributed by atoms with Crippen molar-refractivity contribution in [3.63, 3.8) is 0 Å². The van der Waals surface area contributed by atoms with Crippen LogP contribution in [0.25, 0.3) is 22.2 Å². The summed E-state index contributed by atoms with van der Waals surface area (Å²) in [5.41, 5.74) is 3.01. The average molecular weight is 435 g/mol. The number of piperidine rings is 1. The van der Waals surface area contributed by atoms with Crippen molar-refractivity contribution < 1.29 is 13.2 Å². The van der Waals surface area contributed by atoms with Crippen LogP contribution in [-0.2, 0) is 12.7 Å². The van der Waals surface area contributed by atoms with Crippen molar-refractivity contribution in [2.45, 2.75) is 32.0 Å². The van der Waals surface area contributed by atoms with Crippen molar-refractivity contribution in [1.82, 2.24) is 9.78 Å². The molecule has 1 saturated heterocycles. The SMILES string of the molecule is FC(F)(F)c1cccc2c(-c3ccc(N4CCCCC4)cc3)n(Cc3ccccc3)nc12. The first-order valence-corrected chi connectivity index (χ1v) is 11.0. The lowest BCUT2D eigenvalue weighted by Crippen LogP contribution is -2.29. The summed E-state index contributed by atoms with van der Waals surface area (Å²) in [5, 5.41) is 4.96. The number of aromatic nitrogens is 2. The van der Waals surface area contributed by atoms with Gasteiger partial charge in [0, 0.05) is 29.7 Å². The molecule has 0 saturated carbocycles. The number of fused-ring (bicyclic) bond motifs is 1. The first-order chi connectivity index (χ1) is 15.5. The van der Waals surface area contributed by atoms with E-state index in [1.807, 2.05) is 42.5 Å². The summed E-state index contributed by atoms with van der Waals surface area (Å²) >= 11 is 0. The molecule has 0 radical (unpaired) electrons. The maximum atomic E-state index is 13.7. The van der Waals surface area contributed by atoms with Crippen molar-refractivity contribution in [3.05, 3.63) is 83.9 Å². The van der Waals surface area contributed by atoms with Gasteiger partial charge in [-0.2, -0.15) is 18.3 Å². The quantitative estimate of drug-likeness (QED) is 0.353. The van der Waals surface area contributed by atoms with Gasteiger partial charge >= 0.3 is 6.18 Å². The van der Waals surface area contributed by atoms with Crippen molar-refractivity contribution >= 4 is 16.6 Å². The summed E-state index contributed by atoms with van der Waals surface area (Å²) in [5.74, 6) is 0. The number of nitrogens with zero attached hydrogens (tertiary/aromatic N) is 3. The van der Waals surface area contributed by atoms with Crippen molar-refractivity contribution in [3.8, 4) is 11.3 Å². The standard InChI is InChI=1S/C26H24F3N3/c27-26(28,29)23-11-7-10-22-24(23)30-32(18-19-8-3-1-4-9-19)25(22)20-12-14-21(15-13-20)31-16-5-2-6-17-31/h1,3-4,7-15H,2,5-6,16-18H2. The molecule has 3 aromatic carbocycles. The highest BCUT2D eigenvalue weighted by molar-refractivity contribution is 5.95. The van der Waals surface area contributed by atoms with Gasteiger partial charge in [0.15, 0.2) is 0 Å². The molecule has 0 bridgehead atoms. The maximum absolute atomic E-state index is 13.7. The Bertz CT molecular complexity index is 1210. The molecule has 164 valence electrons. The minimum absolute atomic E-state index is 0.00830. The van der Waals surface area contributed by atoms with Gasteiger partial charge in [-0.25, -0.2) is 0 Å². The van der Waals surface area contributed by atoms with Crippen LogP contribution in [0.5, 0.6) is 0 Å². The molecule has 0 N–H and O–H groups in total. The van der Waals surface area contributed by atoms with Crippen LogP contribution in [0.1, 0.15) is 30.4 Å².